The van der Waals surface area contributed by atoms with Gasteiger partial charge in [0, 0.05) is 16.6 Å². The van der Waals surface area contributed by atoms with Gasteiger partial charge in [-0.3, -0.25) is 14.5 Å². The molecule has 1 saturated carbocycles. The van der Waals surface area contributed by atoms with Gasteiger partial charge in [0.1, 0.15) is 0 Å². The molecule has 0 radical (unpaired) electrons. The van der Waals surface area contributed by atoms with Gasteiger partial charge in [0.2, 0.25) is 5.91 Å². The van der Waals surface area contributed by atoms with E-state index in [9.17, 15) is 22.8 Å². The molecule has 1 aliphatic rings. The Morgan fingerprint density at radius 3 is 2.40 bits per heavy atom. The minimum absolute atomic E-state index is 0.0878. The number of rotatable bonds is 5. The van der Waals surface area contributed by atoms with Gasteiger partial charge in [-0.05, 0) is 55.3 Å². The van der Waals surface area contributed by atoms with E-state index in [0.717, 1.165) is 49.0 Å². The average molecular weight is 439 g/mol. The maximum absolute atomic E-state index is 13.6. The summed E-state index contributed by atoms with van der Waals surface area (Å²) < 4.78 is 40.9. The van der Waals surface area contributed by atoms with E-state index in [2.05, 4.69) is 5.32 Å². The number of nitrogens with one attached hydrogen (secondary N) is 1. The highest BCUT2D eigenvalue weighted by molar-refractivity contribution is 7.10. The van der Waals surface area contributed by atoms with Gasteiger partial charge in [0.25, 0.3) is 0 Å². The van der Waals surface area contributed by atoms with Crippen molar-refractivity contribution in [3.8, 4) is 0 Å². The molecule has 1 N–H and O–H groups in total. The van der Waals surface area contributed by atoms with Gasteiger partial charge in [-0.1, -0.05) is 37.5 Å². The van der Waals surface area contributed by atoms with E-state index < -0.39 is 24.0 Å². The van der Waals surface area contributed by atoms with Crippen LogP contribution in [0.5, 0.6) is 0 Å². The Labute approximate surface area is 178 Å². The zero-order valence-corrected chi connectivity index (χ0v) is 17.8. The first kappa shape index (κ1) is 22.3. The predicted octanol–water partition coefficient (Wildman–Crippen LogP) is 5.45. The van der Waals surface area contributed by atoms with Crippen LogP contribution in [0.1, 0.15) is 54.1 Å². The number of hydrogen-bond donors (Lipinski definition) is 1. The van der Waals surface area contributed by atoms with E-state index in [-0.39, 0.29) is 11.7 Å². The van der Waals surface area contributed by atoms with Gasteiger partial charge < -0.3 is 5.32 Å². The van der Waals surface area contributed by atoms with Crippen LogP contribution in [0.3, 0.4) is 0 Å². The highest BCUT2D eigenvalue weighted by Gasteiger charge is 2.48. The maximum atomic E-state index is 13.6. The summed E-state index contributed by atoms with van der Waals surface area (Å²) in [4.78, 5) is 26.9. The van der Waals surface area contributed by atoms with Crippen LogP contribution in [0.15, 0.2) is 35.7 Å². The first-order chi connectivity index (χ1) is 14.2. The Bertz CT molecular complexity index is 890. The molecule has 0 saturated heterocycles. The van der Waals surface area contributed by atoms with E-state index in [1.807, 2.05) is 0 Å². The second-order valence-corrected chi connectivity index (χ2v) is 8.63. The molecule has 1 atom stereocenters. The van der Waals surface area contributed by atoms with Crippen LogP contribution in [0.4, 0.5) is 18.9 Å². The highest BCUT2D eigenvalue weighted by Crippen LogP contribution is 2.37. The van der Waals surface area contributed by atoms with Crippen molar-refractivity contribution < 1.29 is 22.8 Å². The van der Waals surface area contributed by atoms with Crippen LogP contribution in [0.25, 0.3) is 0 Å². The molecular weight excluding hydrogens is 413 g/mol. The fourth-order valence-electron chi connectivity index (χ4n) is 3.85. The Morgan fingerprint density at radius 2 is 1.80 bits per heavy atom. The van der Waals surface area contributed by atoms with E-state index in [1.54, 1.807) is 43.5 Å². The number of halogens is 3. The number of carbonyl (C=O) groups excluding carboxylic acids is 2. The van der Waals surface area contributed by atoms with Gasteiger partial charge in [-0.2, -0.15) is 13.2 Å². The number of thiophene rings is 1. The van der Waals surface area contributed by atoms with Crippen molar-refractivity contribution in [2.75, 3.05) is 4.90 Å². The first-order valence-electron chi connectivity index (χ1n) is 10.0. The van der Waals surface area contributed by atoms with Crippen LogP contribution < -0.4 is 10.2 Å². The summed E-state index contributed by atoms with van der Waals surface area (Å²) >= 11 is 1.16. The number of carbonyl (C=O) groups is 2. The molecule has 0 spiro atoms. The fraction of sp³-hybridized carbons (Fsp3) is 0.455. The molecule has 1 aromatic heterocycles. The molecule has 2 amide bonds. The van der Waals surface area contributed by atoms with Crippen LogP contribution in [0, 0.1) is 13.8 Å². The second-order valence-electron chi connectivity index (χ2n) is 7.65. The van der Waals surface area contributed by atoms with Crippen molar-refractivity contribution in [1.82, 2.24) is 5.32 Å². The van der Waals surface area contributed by atoms with Gasteiger partial charge in [-0.15, -0.1) is 11.3 Å². The number of amides is 2. The number of aryl methyl sites for hydroxylation is 1. The normalized spacial score (nSPS) is 16.2. The zero-order chi connectivity index (χ0) is 21.9. The maximum Gasteiger partial charge on any atom is 0.471 e. The Hall–Kier alpha value is -2.35. The Morgan fingerprint density at radius 1 is 1.10 bits per heavy atom. The number of benzene rings is 1. The predicted molar refractivity (Wildman–Crippen MR) is 112 cm³/mol. The second kappa shape index (κ2) is 9.20. The smallest absolute Gasteiger partial charge is 0.351 e. The van der Waals surface area contributed by atoms with Gasteiger partial charge in [0.05, 0.1) is 0 Å². The molecule has 4 nitrogen and oxygen atoms in total. The Balaban J connectivity index is 2.08. The molecule has 8 heteroatoms. The largest absolute Gasteiger partial charge is 0.471 e. The standard InChI is InChI=1S/C22H25F3N2O2S/c1-14-8-6-11-17(15(14)2)27(21(29)22(23,24)25)19(18-12-7-13-30-18)20(28)26-16-9-4-3-5-10-16/h6-8,11-13,16,19H,3-5,9-10H2,1-2H3,(H,26,28). The summed E-state index contributed by atoms with van der Waals surface area (Å²) in [6.45, 7) is 3.42. The number of nitrogens with zero attached hydrogens (tertiary/aromatic N) is 1. The highest BCUT2D eigenvalue weighted by atomic mass is 32.1. The first-order valence-corrected chi connectivity index (χ1v) is 10.9. The molecule has 30 heavy (non-hydrogen) atoms. The van der Waals surface area contributed by atoms with Crippen molar-refractivity contribution in [3.63, 3.8) is 0 Å². The van der Waals surface area contributed by atoms with Gasteiger partial charge in [-0.25, -0.2) is 0 Å². The molecule has 0 aliphatic heterocycles. The van der Waals surface area contributed by atoms with E-state index in [0.29, 0.717) is 15.3 Å². The average Bonchev–Trinajstić information content (AvgIpc) is 3.22. The number of hydrogen-bond acceptors (Lipinski definition) is 3. The Kier molecular flexibility index (Phi) is 6.85. The van der Waals surface area contributed by atoms with Crippen LogP contribution >= 0.6 is 11.3 Å². The number of anilines is 1. The van der Waals surface area contributed by atoms with E-state index in [1.165, 1.54) is 6.07 Å². The number of alkyl halides is 3. The lowest BCUT2D eigenvalue weighted by molar-refractivity contribution is -0.171. The minimum atomic E-state index is -5.11. The van der Waals surface area contributed by atoms with Crippen molar-refractivity contribution in [2.24, 2.45) is 0 Å². The lowest BCUT2D eigenvalue weighted by atomic mass is 9.95. The SMILES string of the molecule is Cc1cccc(N(C(=O)C(F)(F)F)C(C(=O)NC2CCCCC2)c2cccs2)c1C. The zero-order valence-electron chi connectivity index (χ0n) is 17.0. The van der Waals surface area contributed by atoms with Crippen molar-refractivity contribution in [1.29, 1.82) is 0 Å². The summed E-state index contributed by atoms with van der Waals surface area (Å²) in [6.07, 6.45) is -0.508. The van der Waals surface area contributed by atoms with Crippen molar-refractivity contribution in [2.45, 2.75) is 64.2 Å². The molecule has 1 fully saturated rings. The summed E-state index contributed by atoms with van der Waals surface area (Å²) in [5, 5.41) is 4.59. The third-order valence-corrected chi connectivity index (χ3v) is 6.49. The topological polar surface area (TPSA) is 49.4 Å². The molecule has 162 valence electrons. The van der Waals surface area contributed by atoms with Gasteiger partial charge >= 0.3 is 12.1 Å². The van der Waals surface area contributed by atoms with E-state index >= 15 is 0 Å². The van der Waals surface area contributed by atoms with Crippen LogP contribution in [-0.2, 0) is 9.59 Å². The molecule has 1 aliphatic carbocycles. The monoisotopic (exact) mass is 438 g/mol. The van der Waals surface area contributed by atoms with Crippen LogP contribution in [-0.4, -0.2) is 24.0 Å². The third-order valence-electron chi connectivity index (χ3n) is 5.57. The molecular formula is C22H25F3N2O2S. The van der Waals surface area contributed by atoms with Crippen molar-refractivity contribution >= 4 is 28.8 Å². The lowest BCUT2D eigenvalue weighted by Gasteiger charge is -2.34. The summed E-state index contributed by atoms with van der Waals surface area (Å²) in [7, 11) is 0. The quantitative estimate of drug-likeness (QED) is 0.675. The molecule has 3 rings (SSSR count). The summed E-state index contributed by atoms with van der Waals surface area (Å²) in [5.74, 6) is -2.63. The third kappa shape index (κ3) is 4.86. The fourth-order valence-corrected chi connectivity index (χ4v) is 4.66. The molecule has 1 unspecified atom stereocenters. The lowest BCUT2D eigenvalue weighted by Crippen LogP contribution is -2.50. The molecule has 1 aromatic carbocycles. The molecule has 2 aromatic rings. The summed E-state index contributed by atoms with van der Waals surface area (Å²) in [5.41, 5.74) is 1.36. The molecule has 1 heterocycles. The summed E-state index contributed by atoms with van der Waals surface area (Å²) in [6, 6.07) is 6.60. The molecule has 0 bridgehead atoms. The van der Waals surface area contributed by atoms with E-state index in [4.69, 9.17) is 0 Å². The van der Waals surface area contributed by atoms with Crippen LogP contribution in [0.2, 0.25) is 0 Å². The van der Waals surface area contributed by atoms with Gasteiger partial charge in [0.15, 0.2) is 6.04 Å². The van der Waals surface area contributed by atoms with Crippen molar-refractivity contribution in [3.05, 3.63) is 51.7 Å². The minimum Gasteiger partial charge on any atom is -0.351 e.